The van der Waals surface area contributed by atoms with Crippen molar-refractivity contribution in [1.29, 1.82) is 0 Å². The summed E-state index contributed by atoms with van der Waals surface area (Å²) >= 11 is 5.91. The molecule has 5 heteroatoms. The molecular formula is C12H18Cl2N2O. The Labute approximate surface area is 113 Å². The predicted octanol–water partition coefficient (Wildman–Crippen LogP) is 2.46. The van der Waals surface area contributed by atoms with Gasteiger partial charge in [-0.2, -0.15) is 0 Å². The summed E-state index contributed by atoms with van der Waals surface area (Å²) < 4.78 is 0. The van der Waals surface area contributed by atoms with Gasteiger partial charge in [0, 0.05) is 5.02 Å². The lowest BCUT2D eigenvalue weighted by molar-refractivity contribution is -0.123. The zero-order valence-corrected chi connectivity index (χ0v) is 11.7. The maximum absolute atomic E-state index is 11.5. The minimum absolute atomic E-state index is 0. The van der Waals surface area contributed by atoms with Gasteiger partial charge in [-0.3, -0.25) is 4.79 Å². The Morgan fingerprint density at radius 2 is 2.06 bits per heavy atom. The van der Waals surface area contributed by atoms with E-state index >= 15 is 0 Å². The van der Waals surface area contributed by atoms with Crippen molar-refractivity contribution in [2.24, 2.45) is 5.73 Å². The maximum atomic E-state index is 11.5. The number of amides is 1. The molecule has 0 spiro atoms. The normalized spacial score (nSPS) is 12.5. The third-order valence-electron chi connectivity index (χ3n) is 2.40. The van der Waals surface area contributed by atoms with E-state index in [1.54, 1.807) is 13.0 Å². The van der Waals surface area contributed by atoms with E-state index in [0.717, 1.165) is 5.56 Å². The fourth-order valence-corrected chi connectivity index (χ4v) is 1.56. The molecule has 0 aliphatic heterocycles. The standard InChI is InChI=1S/C12H17ClN2O.ClH/c1-8(14)11(16)15-12(2,3)9-5-4-6-10(13)7-9;/h4-8H,14H2,1-3H3,(H,15,16);1H/t8-;/m0./s1. The van der Waals surface area contributed by atoms with E-state index in [1.807, 2.05) is 32.0 Å². The Bertz CT molecular complexity index is 392. The second-order valence-corrected chi connectivity index (χ2v) is 4.85. The maximum Gasteiger partial charge on any atom is 0.237 e. The molecule has 17 heavy (non-hydrogen) atoms. The monoisotopic (exact) mass is 276 g/mol. The molecule has 1 aromatic rings. The first kappa shape index (κ1) is 16.2. The van der Waals surface area contributed by atoms with Gasteiger partial charge in [-0.15, -0.1) is 12.4 Å². The topological polar surface area (TPSA) is 55.1 Å². The number of hydrogen-bond acceptors (Lipinski definition) is 2. The van der Waals surface area contributed by atoms with Gasteiger partial charge in [-0.25, -0.2) is 0 Å². The minimum Gasteiger partial charge on any atom is -0.346 e. The zero-order valence-electron chi connectivity index (χ0n) is 10.2. The Balaban J connectivity index is 0.00000256. The quantitative estimate of drug-likeness (QED) is 0.891. The van der Waals surface area contributed by atoms with Gasteiger partial charge in [0.05, 0.1) is 11.6 Å². The average molecular weight is 277 g/mol. The molecule has 0 unspecified atom stereocenters. The van der Waals surface area contributed by atoms with Gasteiger partial charge in [-0.05, 0) is 38.5 Å². The molecule has 1 aromatic carbocycles. The molecular weight excluding hydrogens is 259 g/mol. The Hall–Kier alpha value is -0.770. The van der Waals surface area contributed by atoms with Crippen LogP contribution in [0.5, 0.6) is 0 Å². The Morgan fingerprint density at radius 3 is 2.53 bits per heavy atom. The summed E-state index contributed by atoms with van der Waals surface area (Å²) in [6.45, 7) is 5.49. The number of benzene rings is 1. The van der Waals surface area contributed by atoms with Gasteiger partial charge in [0.25, 0.3) is 0 Å². The van der Waals surface area contributed by atoms with Crippen LogP contribution in [0.3, 0.4) is 0 Å². The third-order valence-corrected chi connectivity index (χ3v) is 2.63. The van der Waals surface area contributed by atoms with Gasteiger partial charge in [-0.1, -0.05) is 23.7 Å². The van der Waals surface area contributed by atoms with Crippen molar-refractivity contribution in [3.05, 3.63) is 34.9 Å². The van der Waals surface area contributed by atoms with Crippen molar-refractivity contribution >= 4 is 29.9 Å². The fraction of sp³-hybridized carbons (Fsp3) is 0.417. The molecule has 1 atom stereocenters. The summed E-state index contributed by atoms with van der Waals surface area (Å²) in [4.78, 5) is 11.5. The number of rotatable bonds is 3. The Morgan fingerprint density at radius 1 is 1.47 bits per heavy atom. The molecule has 0 aromatic heterocycles. The van der Waals surface area contributed by atoms with Crippen molar-refractivity contribution in [1.82, 2.24) is 5.32 Å². The van der Waals surface area contributed by atoms with Crippen LogP contribution < -0.4 is 11.1 Å². The molecule has 3 nitrogen and oxygen atoms in total. The van der Waals surface area contributed by atoms with Crippen LogP contribution in [0.2, 0.25) is 5.02 Å². The first-order valence-electron chi connectivity index (χ1n) is 5.16. The highest BCUT2D eigenvalue weighted by molar-refractivity contribution is 6.30. The van der Waals surface area contributed by atoms with E-state index in [4.69, 9.17) is 17.3 Å². The van der Waals surface area contributed by atoms with Crippen molar-refractivity contribution in [2.45, 2.75) is 32.4 Å². The molecule has 1 rings (SSSR count). The van der Waals surface area contributed by atoms with Crippen LogP contribution in [-0.4, -0.2) is 11.9 Å². The van der Waals surface area contributed by atoms with E-state index in [1.165, 1.54) is 0 Å². The van der Waals surface area contributed by atoms with Gasteiger partial charge in [0.1, 0.15) is 0 Å². The van der Waals surface area contributed by atoms with Crippen molar-refractivity contribution in [2.75, 3.05) is 0 Å². The molecule has 1 amide bonds. The fourth-order valence-electron chi connectivity index (χ4n) is 1.37. The molecule has 0 aliphatic carbocycles. The van der Waals surface area contributed by atoms with Crippen LogP contribution in [0.25, 0.3) is 0 Å². The van der Waals surface area contributed by atoms with Crippen LogP contribution in [0.15, 0.2) is 24.3 Å². The zero-order chi connectivity index (χ0) is 12.3. The largest absolute Gasteiger partial charge is 0.346 e. The van der Waals surface area contributed by atoms with Crippen molar-refractivity contribution < 1.29 is 4.79 Å². The molecule has 0 radical (unpaired) electrons. The summed E-state index contributed by atoms with van der Waals surface area (Å²) in [5, 5.41) is 3.53. The molecule has 0 fully saturated rings. The highest BCUT2D eigenvalue weighted by Crippen LogP contribution is 2.22. The number of hydrogen-bond donors (Lipinski definition) is 2. The minimum atomic E-state index is -0.515. The average Bonchev–Trinajstić information content (AvgIpc) is 2.17. The van der Waals surface area contributed by atoms with Gasteiger partial charge >= 0.3 is 0 Å². The lowest BCUT2D eigenvalue weighted by Crippen LogP contribution is -2.47. The molecule has 0 bridgehead atoms. The molecule has 3 N–H and O–H groups in total. The van der Waals surface area contributed by atoms with Crippen molar-refractivity contribution in [3.63, 3.8) is 0 Å². The Kier molecular flexibility index (Phi) is 5.96. The number of carbonyl (C=O) groups excluding carboxylic acids is 1. The van der Waals surface area contributed by atoms with Crippen LogP contribution >= 0.6 is 24.0 Å². The highest BCUT2D eigenvalue weighted by atomic mass is 35.5. The van der Waals surface area contributed by atoms with E-state index in [9.17, 15) is 4.79 Å². The summed E-state index contributed by atoms with van der Waals surface area (Å²) in [5.41, 5.74) is 5.99. The van der Waals surface area contributed by atoms with Crippen LogP contribution in [0.1, 0.15) is 26.3 Å². The SMILES string of the molecule is C[C@H](N)C(=O)NC(C)(C)c1cccc(Cl)c1.Cl. The van der Waals surface area contributed by atoms with E-state index < -0.39 is 11.6 Å². The smallest absolute Gasteiger partial charge is 0.237 e. The predicted molar refractivity (Wildman–Crippen MR) is 73.5 cm³/mol. The second kappa shape index (κ2) is 6.24. The summed E-state index contributed by atoms with van der Waals surface area (Å²) in [7, 11) is 0. The van der Waals surface area contributed by atoms with Gasteiger partial charge in [0.2, 0.25) is 5.91 Å². The van der Waals surface area contributed by atoms with Gasteiger partial charge in [0.15, 0.2) is 0 Å². The van der Waals surface area contributed by atoms with E-state index in [-0.39, 0.29) is 18.3 Å². The summed E-state index contributed by atoms with van der Waals surface area (Å²) in [6.07, 6.45) is 0. The molecule has 0 saturated carbocycles. The number of nitrogens with two attached hydrogens (primary N) is 1. The highest BCUT2D eigenvalue weighted by Gasteiger charge is 2.24. The van der Waals surface area contributed by atoms with Crippen LogP contribution in [-0.2, 0) is 10.3 Å². The summed E-state index contributed by atoms with van der Waals surface area (Å²) in [5.74, 6) is -0.176. The first-order chi connectivity index (χ1) is 7.33. The van der Waals surface area contributed by atoms with Gasteiger partial charge < -0.3 is 11.1 Å². The van der Waals surface area contributed by atoms with Crippen LogP contribution in [0.4, 0.5) is 0 Å². The lowest BCUT2D eigenvalue weighted by atomic mass is 9.94. The van der Waals surface area contributed by atoms with E-state index in [0.29, 0.717) is 5.02 Å². The van der Waals surface area contributed by atoms with Crippen molar-refractivity contribution in [3.8, 4) is 0 Å². The number of nitrogens with one attached hydrogen (secondary N) is 1. The molecule has 0 aliphatic rings. The van der Waals surface area contributed by atoms with Crippen LogP contribution in [0, 0.1) is 0 Å². The molecule has 0 heterocycles. The molecule has 0 saturated heterocycles. The van der Waals surface area contributed by atoms with E-state index in [2.05, 4.69) is 5.32 Å². The second-order valence-electron chi connectivity index (χ2n) is 4.41. The first-order valence-corrected chi connectivity index (χ1v) is 5.54. The number of halogens is 2. The summed E-state index contributed by atoms with van der Waals surface area (Å²) in [6, 6.07) is 6.90. The molecule has 96 valence electrons. The lowest BCUT2D eigenvalue weighted by Gasteiger charge is -2.28. The third kappa shape index (κ3) is 4.54. The number of carbonyl (C=O) groups is 1.